The summed E-state index contributed by atoms with van der Waals surface area (Å²) in [6.07, 6.45) is -4.61. The summed E-state index contributed by atoms with van der Waals surface area (Å²) in [7, 11) is 0. The van der Waals surface area contributed by atoms with Gasteiger partial charge in [0.15, 0.2) is 0 Å². The Kier molecular flexibility index (Phi) is 3.82. The zero-order valence-corrected chi connectivity index (χ0v) is 10.3. The highest BCUT2D eigenvalue weighted by molar-refractivity contribution is 7.98. The summed E-state index contributed by atoms with van der Waals surface area (Å²) in [6, 6.07) is 6.95. The van der Waals surface area contributed by atoms with E-state index in [1.807, 2.05) is 0 Å². The van der Waals surface area contributed by atoms with Crippen LogP contribution in [0.1, 0.15) is 11.5 Å². The van der Waals surface area contributed by atoms with Crippen LogP contribution >= 0.6 is 23.4 Å². The Morgan fingerprint density at radius 2 is 1.83 bits per heavy atom. The van der Waals surface area contributed by atoms with Gasteiger partial charge in [-0.1, -0.05) is 35.5 Å². The molecule has 0 aliphatic heterocycles. The van der Waals surface area contributed by atoms with Gasteiger partial charge < -0.3 is 4.42 Å². The fraction of sp³-hybridized carbons (Fsp3) is 0.200. The molecule has 1 aromatic carbocycles. The topological polar surface area (TPSA) is 38.9 Å². The van der Waals surface area contributed by atoms with Gasteiger partial charge in [0.1, 0.15) is 0 Å². The highest BCUT2D eigenvalue weighted by atomic mass is 35.5. The Hall–Kier alpha value is -1.21. The van der Waals surface area contributed by atoms with Crippen LogP contribution in [0.5, 0.6) is 0 Å². The van der Waals surface area contributed by atoms with Crippen molar-refractivity contribution in [3.8, 4) is 0 Å². The van der Waals surface area contributed by atoms with Gasteiger partial charge in [-0.05, 0) is 17.7 Å². The molecule has 0 saturated heterocycles. The number of aromatic nitrogens is 2. The third-order valence-corrected chi connectivity index (χ3v) is 3.07. The Labute approximate surface area is 109 Å². The van der Waals surface area contributed by atoms with Crippen molar-refractivity contribution in [3.63, 3.8) is 0 Å². The molecule has 2 rings (SSSR count). The molecule has 1 aromatic heterocycles. The number of benzene rings is 1. The van der Waals surface area contributed by atoms with Gasteiger partial charge in [0, 0.05) is 10.8 Å². The maximum Gasteiger partial charge on any atom is 0.470 e. The average molecular weight is 295 g/mol. The molecule has 0 saturated carbocycles. The van der Waals surface area contributed by atoms with E-state index < -0.39 is 12.1 Å². The molecule has 0 N–H and O–H groups in total. The van der Waals surface area contributed by atoms with Crippen molar-refractivity contribution in [1.82, 2.24) is 10.2 Å². The Morgan fingerprint density at radius 1 is 1.17 bits per heavy atom. The highest BCUT2D eigenvalue weighted by Gasteiger charge is 2.38. The summed E-state index contributed by atoms with van der Waals surface area (Å²) in [6.45, 7) is 0. The maximum absolute atomic E-state index is 12.2. The average Bonchev–Trinajstić information content (AvgIpc) is 2.77. The third kappa shape index (κ3) is 3.39. The first-order chi connectivity index (χ1) is 8.45. The minimum Gasteiger partial charge on any atom is -0.408 e. The molecule has 0 aliphatic carbocycles. The van der Waals surface area contributed by atoms with E-state index in [0.717, 1.165) is 17.3 Å². The predicted molar refractivity (Wildman–Crippen MR) is 60.3 cm³/mol. The first kappa shape index (κ1) is 13.2. The first-order valence-corrected chi connectivity index (χ1v) is 6.09. The molecule has 3 nitrogen and oxygen atoms in total. The SMILES string of the molecule is FC(F)(F)c1nnc(SCc2ccc(Cl)cc2)o1. The summed E-state index contributed by atoms with van der Waals surface area (Å²) in [4.78, 5) is 0. The zero-order valence-electron chi connectivity index (χ0n) is 8.74. The molecule has 1 heterocycles. The van der Waals surface area contributed by atoms with E-state index in [4.69, 9.17) is 11.6 Å². The second-order valence-corrected chi connectivity index (χ2v) is 4.65. The van der Waals surface area contributed by atoms with Crippen molar-refractivity contribution in [2.75, 3.05) is 0 Å². The Morgan fingerprint density at radius 3 is 2.39 bits per heavy atom. The first-order valence-electron chi connectivity index (χ1n) is 4.73. The highest BCUT2D eigenvalue weighted by Crippen LogP contribution is 2.30. The normalized spacial score (nSPS) is 11.8. The van der Waals surface area contributed by atoms with Crippen molar-refractivity contribution in [1.29, 1.82) is 0 Å². The standard InChI is InChI=1S/C10H6ClF3N2OS/c11-7-3-1-6(2-4-7)5-18-9-16-15-8(17-9)10(12,13)14/h1-4H,5H2. The molecule has 0 bridgehead atoms. The van der Waals surface area contributed by atoms with Crippen LogP contribution in [0.4, 0.5) is 13.2 Å². The summed E-state index contributed by atoms with van der Waals surface area (Å²) in [5.41, 5.74) is 0.899. The smallest absolute Gasteiger partial charge is 0.408 e. The second kappa shape index (κ2) is 5.19. The van der Waals surface area contributed by atoms with Crippen molar-refractivity contribution >= 4 is 23.4 Å². The van der Waals surface area contributed by atoms with Crippen molar-refractivity contribution in [3.05, 3.63) is 40.7 Å². The number of hydrogen-bond donors (Lipinski definition) is 0. The van der Waals surface area contributed by atoms with Gasteiger partial charge in [0.25, 0.3) is 5.22 Å². The van der Waals surface area contributed by atoms with Crippen molar-refractivity contribution in [2.45, 2.75) is 17.2 Å². The van der Waals surface area contributed by atoms with Crippen LogP contribution in [-0.4, -0.2) is 10.2 Å². The fourth-order valence-corrected chi connectivity index (χ4v) is 1.95. The number of hydrogen-bond acceptors (Lipinski definition) is 4. The van der Waals surface area contributed by atoms with Crippen LogP contribution in [0.3, 0.4) is 0 Å². The van der Waals surface area contributed by atoms with Crippen LogP contribution < -0.4 is 0 Å². The molecule has 8 heteroatoms. The van der Waals surface area contributed by atoms with Gasteiger partial charge in [0.2, 0.25) is 0 Å². The van der Waals surface area contributed by atoms with Gasteiger partial charge >= 0.3 is 12.1 Å². The van der Waals surface area contributed by atoms with Crippen LogP contribution in [0, 0.1) is 0 Å². The van der Waals surface area contributed by atoms with Crippen molar-refractivity contribution in [2.24, 2.45) is 0 Å². The summed E-state index contributed by atoms with van der Waals surface area (Å²) in [5.74, 6) is -0.905. The molecular weight excluding hydrogens is 289 g/mol. The molecule has 0 amide bonds. The van der Waals surface area contributed by atoms with Gasteiger partial charge in [-0.3, -0.25) is 0 Å². The van der Waals surface area contributed by atoms with Crippen LogP contribution in [-0.2, 0) is 11.9 Å². The van der Waals surface area contributed by atoms with Crippen LogP contribution in [0.2, 0.25) is 5.02 Å². The van der Waals surface area contributed by atoms with E-state index in [2.05, 4.69) is 14.6 Å². The minimum absolute atomic E-state index is 0.114. The lowest BCUT2D eigenvalue weighted by Gasteiger charge is -1.99. The van der Waals surface area contributed by atoms with Crippen molar-refractivity contribution < 1.29 is 17.6 Å². The summed E-state index contributed by atoms with van der Waals surface area (Å²) >= 11 is 6.74. The summed E-state index contributed by atoms with van der Waals surface area (Å²) in [5, 5.41) is 6.73. The van der Waals surface area contributed by atoms with Gasteiger partial charge in [-0.15, -0.1) is 10.2 Å². The molecule has 0 atom stereocenters. The Balaban J connectivity index is 1.98. The van der Waals surface area contributed by atoms with Crippen LogP contribution in [0.25, 0.3) is 0 Å². The quantitative estimate of drug-likeness (QED) is 0.801. The molecular formula is C10H6ClF3N2OS. The largest absolute Gasteiger partial charge is 0.470 e. The maximum atomic E-state index is 12.2. The monoisotopic (exact) mass is 294 g/mol. The molecule has 0 radical (unpaired) electrons. The second-order valence-electron chi connectivity index (χ2n) is 3.29. The van der Waals surface area contributed by atoms with Gasteiger partial charge in [-0.25, -0.2) is 0 Å². The zero-order chi connectivity index (χ0) is 13.2. The molecule has 0 unspecified atom stereocenters. The number of thioether (sulfide) groups is 1. The number of halogens is 4. The number of rotatable bonds is 3. The summed E-state index contributed by atoms with van der Waals surface area (Å²) < 4.78 is 41.0. The van der Waals surface area contributed by atoms with E-state index in [9.17, 15) is 13.2 Å². The van der Waals surface area contributed by atoms with E-state index in [1.54, 1.807) is 24.3 Å². The number of nitrogens with zero attached hydrogens (tertiary/aromatic N) is 2. The molecule has 18 heavy (non-hydrogen) atoms. The molecule has 0 spiro atoms. The van der Waals surface area contributed by atoms with Gasteiger partial charge in [-0.2, -0.15) is 13.2 Å². The predicted octanol–water partition coefficient (Wildman–Crippen LogP) is 4.03. The van der Waals surface area contributed by atoms with E-state index in [-0.39, 0.29) is 5.22 Å². The van der Waals surface area contributed by atoms with E-state index >= 15 is 0 Å². The molecule has 96 valence electrons. The third-order valence-electron chi connectivity index (χ3n) is 1.92. The molecule has 0 fully saturated rings. The molecule has 2 aromatic rings. The minimum atomic E-state index is -4.61. The van der Waals surface area contributed by atoms with Gasteiger partial charge in [0.05, 0.1) is 0 Å². The molecule has 0 aliphatic rings. The Bertz CT molecular complexity index is 527. The van der Waals surface area contributed by atoms with Crippen LogP contribution in [0.15, 0.2) is 33.9 Å². The lowest BCUT2D eigenvalue weighted by atomic mass is 10.2. The van der Waals surface area contributed by atoms with E-state index in [0.29, 0.717) is 10.8 Å². The lowest BCUT2D eigenvalue weighted by molar-refractivity contribution is -0.158. The lowest BCUT2D eigenvalue weighted by Crippen LogP contribution is -2.04. The number of alkyl halides is 3. The fourth-order valence-electron chi connectivity index (χ4n) is 1.11. The van der Waals surface area contributed by atoms with E-state index in [1.165, 1.54) is 0 Å².